The molecule has 1 heterocycles. The fraction of sp³-hybridized carbons (Fsp3) is 0.353. The maximum absolute atomic E-state index is 12.0. The van der Waals surface area contributed by atoms with E-state index in [9.17, 15) is 4.79 Å². The molecule has 0 aromatic carbocycles. The molecule has 0 aromatic heterocycles. The molecule has 0 radical (unpaired) electrons. The molecular formula is C17H24N2O2. The van der Waals surface area contributed by atoms with Gasteiger partial charge in [0.25, 0.3) is 0 Å². The van der Waals surface area contributed by atoms with Crippen LogP contribution in [0.3, 0.4) is 0 Å². The minimum absolute atomic E-state index is 0.0387. The summed E-state index contributed by atoms with van der Waals surface area (Å²) >= 11 is 0. The van der Waals surface area contributed by atoms with Crippen molar-refractivity contribution >= 4 is 6.09 Å². The van der Waals surface area contributed by atoms with Gasteiger partial charge in [0, 0.05) is 0 Å². The van der Waals surface area contributed by atoms with Crippen molar-refractivity contribution in [3.05, 3.63) is 60.9 Å². The highest BCUT2D eigenvalue weighted by atomic mass is 16.6. The second-order valence-electron chi connectivity index (χ2n) is 4.80. The van der Waals surface area contributed by atoms with Crippen molar-refractivity contribution in [3.8, 4) is 0 Å². The summed E-state index contributed by atoms with van der Waals surface area (Å²) in [5.74, 6) is 0. The number of carbonyl (C=O) groups is 1. The van der Waals surface area contributed by atoms with Crippen LogP contribution in [-0.4, -0.2) is 25.3 Å². The highest BCUT2D eigenvalue weighted by molar-refractivity contribution is 5.72. The average Bonchev–Trinajstić information content (AvgIpc) is 2.47. The van der Waals surface area contributed by atoms with Gasteiger partial charge in [-0.15, -0.1) is 0 Å². The third kappa shape index (κ3) is 5.83. The first-order valence-corrected chi connectivity index (χ1v) is 7.10. The number of rotatable bonds is 6. The Morgan fingerprint density at radius 1 is 1.33 bits per heavy atom. The predicted molar refractivity (Wildman–Crippen MR) is 86.9 cm³/mol. The lowest BCUT2D eigenvalue weighted by atomic mass is 10.1. The predicted octanol–water partition coefficient (Wildman–Crippen LogP) is 3.22. The lowest BCUT2D eigenvalue weighted by molar-refractivity contribution is 0.0816. The van der Waals surface area contributed by atoms with E-state index in [-0.39, 0.29) is 6.10 Å². The highest BCUT2D eigenvalue weighted by Crippen LogP contribution is 2.16. The Hall–Kier alpha value is -2.07. The van der Waals surface area contributed by atoms with Gasteiger partial charge in [0.15, 0.2) is 0 Å². The Morgan fingerprint density at radius 3 is 2.57 bits per heavy atom. The Bertz CT molecular complexity index is 469. The quantitative estimate of drug-likeness (QED) is 0.738. The van der Waals surface area contributed by atoms with Crippen LogP contribution >= 0.6 is 0 Å². The van der Waals surface area contributed by atoms with Gasteiger partial charge in [0.2, 0.25) is 0 Å². The van der Waals surface area contributed by atoms with E-state index in [2.05, 4.69) is 30.4 Å². The molecule has 1 amide bonds. The van der Waals surface area contributed by atoms with E-state index in [4.69, 9.17) is 4.74 Å². The minimum atomic E-state index is -0.468. The van der Waals surface area contributed by atoms with Crippen molar-refractivity contribution in [1.29, 1.82) is 0 Å². The smallest absolute Gasteiger partial charge is 0.411 e. The van der Waals surface area contributed by atoms with Gasteiger partial charge in [-0.05, 0) is 50.1 Å². The fourth-order valence-corrected chi connectivity index (χ4v) is 2.01. The number of carbonyl (C=O) groups excluding carboxylic acids is 1. The van der Waals surface area contributed by atoms with Crippen LogP contribution in [-0.2, 0) is 4.74 Å². The first-order valence-electron chi connectivity index (χ1n) is 7.10. The van der Waals surface area contributed by atoms with Crippen LogP contribution in [0.4, 0.5) is 4.79 Å². The number of amides is 1. The summed E-state index contributed by atoms with van der Waals surface area (Å²) in [7, 11) is 0. The molecule has 2 N–H and O–H groups in total. The summed E-state index contributed by atoms with van der Waals surface area (Å²) in [5, 5.41) is 5.94. The lowest BCUT2D eigenvalue weighted by Crippen LogP contribution is -2.36. The largest absolute Gasteiger partial charge is 0.446 e. The normalized spacial score (nSPS) is 16.5. The highest BCUT2D eigenvalue weighted by Gasteiger charge is 2.18. The third-order valence-electron chi connectivity index (χ3n) is 3.16. The van der Waals surface area contributed by atoms with Crippen LogP contribution in [0.5, 0.6) is 0 Å². The number of nitrogens with one attached hydrogen (secondary N) is 2. The summed E-state index contributed by atoms with van der Waals surface area (Å²) in [5.41, 5.74) is 1.91. The fourth-order valence-electron chi connectivity index (χ4n) is 2.01. The second-order valence-corrected chi connectivity index (χ2v) is 4.80. The van der Waals surface area contributed by atoms with Gasteiger partial charge in [-0.25, -0.2) is 4.79 Å². The zero-order chi connectivity index (χ0) is 15.7. The van der Waals surface area contributed by atoms with E-state index in [1.807, 2.05) is 19.1 Å². The molecule has 114 valence electrons. The van der Waals surface area contributed by atoms with E-state index < -0.39 is 6.09 Å². The molecule has 1 aliphatic rings. The van der Waals surface area contributed by atoms with Crippen molar-refractivity contribution in [2.45, 2.75) is 25.9 Å². The Labute approximate surface area is 126 Å². The van der Waals surface area contributed by atoms with E-state index in [1.54, 1.807) is 12.2 Å². The van der Waals surface area contributed by atoms with Crippen molar-refractivity contribution < 1.29 is 9.53 Å². The molecule has 0 spiro atoms. The second kappa shape index (κ2) is 8.97. The summed E-state index contributed by atoms with van der Waals surface area (Å²) < 4.78 is 5.40. The molecule has 4 heteroatoms. The van der Waals surface area contributed by atoms with Crippen LogP contribution in [0, 0.1) is 0 Å². The van der Waals surface area contributed by atoms with Crippen LogP contribution in [0.2, 0.25) is 0 Å². The SMILES string of the molecule is C=C/C=C(/NC(=O)OC1CCNCC1)C(=C)C(=C)/C=C\C. The number of alkyl carbamates (subject to hydrolysis) is 1. The van der Waals surface area contributed by atoms with E-state index in [1.165, 1.54) is 0 Å². The molecule has 1 fully saturated rings. The summed E-state index contributed by atoms with van der Waals surface area (Å²) in [6.07, 6.45) is 8.13. The van der Waals surface area contributed by atoms with E-state index in [0.29, 0.717) is 11.3 Å². The number of hydrogen-bond acceptors (Lipinski definition) is 3. The molecule has 0 saturated carbocycles. The lowest BCUT2D eigenvalue weighted by Gasteiger charge is -2.23. The molecule has 0 aliphatic carbocycles. The number of hydrogen-bond donors (Lipinski definition) is 2. The van der Waals surface area contributed by atoms with E-state index >= 15 is 0 Å². The van der Waals surface area contributed by atoms with Gasteiger partial charge in [0.1, 0.15) is 6.10 Å². The number of piperidine rings is 1. The van der Waals surface area contributed by atoms with Crippen molar-refractivity contribution in [2.75, 3.05) is 13.1 Å². The summed E-state index contributed by atoms with van der Waals surface area (Å²) in [4.78, 5) is 12.0. The molecule has 0 atom stereocenters. The molecule has 4 nitrogen and oxygen atoms in total. The van der Waals surface area contributed by atoms with Crippen molar-refractivity contribution in [1.82, 2.24) is 10.6 Å². The molecule has 0 unspecified atom stereocenters. The zero-order valence-electron chi connectivity index (χ0n) is 12.7. The van der Waals surface area contributed by atoms with Crippen molar-refractivity contribution in [2.24, 2.45) is 0 Å². The average molecular weight is 288 g/mol. The van der Waals surface area contributed by atoms with Crippen LogP contribution in [0.25, 0.3) is 0 Å². The van der Waals surface area contributed by atoms with Gasteiger partial charge < -0.3 is 10.1 Å². The molecule has 0 aromatic rings. The Morgan fingerprint density at radius 2 is 2.00 bits per heavy atom. The third-order valence-corrected chi connectivity index (χ3v) is 3.16. The van der Waals surface area contributed by atoms with Gasteiger partial charge >= 0.3 is 6.09 Å². The molecule has 1 aliphatic heterocycles. The monoisotopic (exact) mass is 288 g/mol. The van der Waals surface area contributed by atoms with Gasteiger partial charge in [-0.3, -0.25) is 5.32 Å². The molecule has 21 heavy (non-hydrogen) atoms. The first-order chi connectivity index (χ1) is 10.1. The van der Waals surface area contributed by atoms with Gasteiger partial charge in [-0.1, -0.05) is 38.0 Å². The maximum atomic E-state index is 12.0. The van der Waals surface area contributed by atoms with E-state index in [0.717, 1.165) is 31.5 Å². The zero-order valence-corrected chi connectivity index (χ0v) is 12.7. The standard InChI is InChI=1S/C17H24N2O2/c1-5-7-13(3)14(4)16(8-6-2)19-17(20)21-15-9-11-18-12-10-15/h5-8,15,18H,2-4,9-12H2,1H3,(H,19,20)/b7-5-,16-8+. The van der Waals surface area contributed by atoms with Gasteiger partial charge in [0.05, 0.1) is 5.70 Å². The van der Waals surface area contributed by atoms with Crippen molar-refractivity contribution in [3.63, 3.8) is 0 Å². The van der Waals surface area contributed by atoms with Crippen LogP contribution < -0.4 is 10.6 Å². The van der Waals surface area contributed by atoms with Crippen LogP contribution in [0.15, 0.2) is 60.9 Å². The molecule has 0 bridgehead atoms. The number of ether oxygens (including phenoxy) is 1. The Balaban J connectivity index is 2.63. The molecule has 1 rings (SSSR count). The summed E-state index contributed by atoms with van der Waals surface area (Å²) in [6, 6.07) is 0. The molecule has 1 saturated heterocycles. The first kappa shape index (κ1) is 17.0. The Kier molecular flexibility index (Phi) is 7.26. The van der Waals surface area contributed by atoms with Crippen LogP contribution in [0.1, 0.15) is 19.8 Å². The summed E-state index contributed by atoms with van der Waals surface area (Å²) in [6.45, 7) is 15.1. The number of allylic oxidation sites excluding steroid dienone is 5. The molecular weight excluding hydrogens is 264 g/mol. The maximum Gasteiger partial charge on any atom is 0.411 e. The van der Waals surface area contributed by atoms with Gasteiger partial charge in [-0.2, -0.15) is 0 Å². The minimum Gasteiger partial charge on any atom is -0.446 e. The topological polar surface area (TPSA) is 50.4 Å².